The molecule has 1 amide bonds. The Kier molecular flexibility index (Phi) is 5.44. The first-order chi connectivity index (χ1) is 14.0. The summed E-state index contributed by atoms with van der Waals surface area (Å²) in [6.07, 6.45) is 0.279. The second-order valence-corrected chi connectivity index (χ2v) is 8.36. The first-order valence-corrected chi connectivity index (χ1v) is 10.6. The number of allylic oxidation sites excluding steroid dienone is 1. The lowest BCUT2D eigenvalue weighted by molar-refractivity contribution is -0.129. The molecular formula is C22H20ClN3O2S. The topological polar surface area (TPSA) is 56.6 Å². The number of carbonyl (C=O) groups is 1. The van der Waals surface area contributed by atoms with Gasteiger partial charge in [-0.15, -0.1) is 0 Å². The lowest BCUT2D eigenvalue weighted by Crippen LogP contribution is -2.47. The smallest absolute Gasteiger partial charge is 0.229 e. The molecule has 0 aromatic heterocycles. The number of halogens is 1. The van der Waals surface area contributed by atoms with Crippen molar-refractivity contribution >= 4 is 35.0 Å². The van der Waals surface area contributed by atoms with Crippen LogP contribution in [0.4, 0.5) is 5.69 Å². The van der Waals surface area contributed by atoms with E-state index in [0.717, 1.165) is 27.6 Å². The van der Waals surface area contributed by atoms with Gasteiger partial charge >= 0.3 is 0 Å². The number of nitrogens with zero attached hydrogens (tertiary/aromatic N) is 3. The highest BCUT2D eigenvalue weighted by atomic mass is 35.5. The van der Waals surface area contributed by atoms with Crippen LogP contribution in [0.2, 0.25) is 5.02 Å². The van der Waals surface area contributed by atoms with Crippen LogP contribution in [-0.2, 0) is 4.79 Å². The molecule has 1 atom stereocenters. The zero-order valence-electron chi connectivity index (χ0n) is 16.2. The van der Waals surface area contributed by atoms with Gasteiger partial charge in [-0.3, -0.25) is 9.69 Å². The number of hydrogen-bond donors (Lipinski definition) is 0. The standard InChI is InChI=1S/C22H20ClN3O2S/c1-14-19(23)4-3-5-20(14)25-12-26-21(27)10-17(18(11-24)22(26)29-13-25)15-6-8-16(28-2)9-7-15/h3-9,17H,10,12-13H2,1-2H3. The summed E-state index contributed by atoms with van der Waals surface area (Å²) in [5.74, 6) is 1.21. The maximum Gasteiger partial charge on any atom is 0.229 e. The molecular weight excluding hydrogens is 406 g/mol. The van der Waals surface area contributed by atoms with Crippen LogP contribution in [0.25, 0.3) is 0 Å². The third-order valence-corrected chi connectivity index (χ3v) is 6.96. The Morgan fingerprint density at radius 1 is 1.24 bits per heavy atom. The zero-order chi connectivity index (χ0) is 20.5. The van der Waals surface area contributed by atoms with E-state index < -0.39 is 0 Å². The molecule has 0 saturated carbocycles. The predicted octanol–water partition coefficient (Wildman–Crippen LogP) is 4.88. The van der Waals surface area contributed by atoms with Crippen molar-refractivity contribution in [1.29, 1.82) is 5.26 Å². The minimum absolute atomic E-state index is 0.0247. The number of rotatable bonds is 3. The largest absolute Gasteiger partial charge is 0.497 e. The van der Waals surface area contributed by atoms with E-state index in [-0.39, 0.29) is 18.2 Å². The Bertz CT molecular complexity index is 1030. The number of thioether (sulfide) groups is 1. The van der Waals surface area contributed by atoms with Crippen molar-refractivity contribution in [3.8, 4) is 11.8 Å². The van der Waals surface area contributed by atoms with Crippen LogP contribution in [0.3, 0.4) is 0 Å². The molecule has 0 aliphatic carbocycles. The highest BCUT2D eigenvalue weighted by molar-refractivity contribution is 8.03. The lowest BCUT2D eigenvalue weighted by atomic mass is 9.86. The maximum absolute atomic E-state index is 13.0. The van der Waals surface area contributed by atoms with Crippen molar-refractivity contribution in [2.75, 3.05) is 24.6 Å². The summed E-state index contributed by atoms with van der Waals surface area (Å²) in [7, 11) is 1.62. The molecule has 1 unspecified atom stereocenters. The molecule has 148 valence electrons. The van der Waals surface area contributed by atoms with Crippen LogP contribution >= 0.6 is 23.4 Å². The third-order valence-electron chi connectivity index (χ3n) is 5.39. The molecule has 0 N–H and O–H groups in total. The zero-order valence-corrected chi connectivity index (χ0v) is 17.8. The second kappa shape index (κ2) is 8.02. The molecule has 0 bridgehead atoms. The minimum atomic E-state index is -0.225. The molecule has 2 heterocycles. The van der Waals surface area contributed by atoms with Gasteiger partial charge in [0, 0.05) is 23.0 Å². The van der Waals surface area contributed by atoms with Gasteiger partial charge in [0.1, 0.15) is 5.75 Å². The van der Waals surface area contributed by atoms with Crippen LogP contribution in [-0.4, -0.2) is 30.5 Å². The van der Waals surface area contributed by atoms with Gasteiger partial charge in [-0.25, -0.2) is 0 Å². The minimum Gasteiger partial charge on any atom is -0.497 e. The van der Waals surface area contributed by atoms with E-state index >= 15 is 0 Å². The van der Waals surface area contributed by atoms with Gasteiger partial charge in [0.2, 0.25) is 5.91 Å². The highest BCUT2D eigenvalue weighted by Gasteiger charge is 2.38. The van der Waals surface area contributed by atoms with Gasteiger partial charge in [-0.05, 0) is 42.3 Å². The molecule has 5 nitrogen and oxygen atoms in total. The van der Waals surface area contributed by atoms with Gasteiger partial charge in [0.05, 0.1) is 36.3 Å². The van der Waals surface area contributed by atoms with E-state index in [0.29, 0.717) is 23.1 Å². The van der Waals surface area contributed by atoms with Gasteiger partial charge in [0.15, 0.2) is 0 Å². The fraction of sp³-hybridized carbons (Fsp3) is 0.273. The summed E-state index contributed by atoms with van der Waals surface area (Å²) in [6.45, 7) is 2.40. The second-order valence-electron chi connectivity index (χ2n) is 7.02. The normalized spacial score (nSPS) is 19.1. The Balaban J connectivity index is 1.66. The Morgan fingerprint density at radius 2 is 2.00 bits per heavy atom. The average molecular weight is 426 g/mol. The fourth-order valence-corrected chi connectivity index (χ4v) is 5.10. The number of ether oxygens (including phenoxy) is 1. The lowest BCUT2D eigenvalue weighted by Gasteiger charge is -2.42. The molecule has 2 aliphatic heterocycles. The highest BCUT2D eigenvalue weighted by Crippen LogP contribution is 2.44. The maximum atomic E-state index is 13.0. The van der Waals surface area contributed by atoms with Crippen molar-refractivity contribution in [3.05, 3.63) is 69.2 Å². The van der Waals surface area contributed by atoms with Crippen LogP contribution in [0, 0.1) is 18.3 Å². The summed E-state index contributed by atoms with van der Waals surface area (Å²) in [5, 5.41) is 11.4. The average Bonchev–Trinajstić information content (AvgIpc) is 2.75. The van der Waals surface area contributed by atoms with Crippen LogP contribution in [0.15, 0.2) is 53.1 Å². The molecule has 1 fully saturated rings. The fourth-order valence-electron chi connectivity index (χ4n) is 3.77. The summed E-state index contributed by atoms with van der Waals surface area (Å²) < 4.78 is 5.22. The van der Waals surface area contributed by atoms with Crippen molar-refractivity contribution in [1.82, 2.24) is 4.90 Å². The van der Waals surface area contributed by atoms with E-state index in [1.807, 2.05) is 49.4 Å². The number of hydrogen-bond acceptors (Lipinski definition) is 5. The molecule has 0 radical (unpaired) electrons. The van der Waals surface area contributed by atoms with E-state index in [1.165, 1.54) is 11.8 Å². The van der Waals surface area contributed by atoms with Crippen molar-refractivity contribution in [2.45, 2.75) is 19.3 Å². The van der Waals surface area contributed by atoms with E-state index in [4.69, 9.17) is 16.3 Å². The molecule has 4 rings (SSSR count). The molecule has 2 aromatic rings. The third kappa shape index (κ3) is 3.57. The number of nitriles is 1. The summed E-state index contributed by atoms with van der Waals surface area (Å²) >= 11 is 7.81. The number of benzene rings is 2. The van der Waals surface area contributed by atoms with Crippen molar-refractivity contribution in [3.63, 3.8) is 0 Å². The quantitative estimate of drug-likeness (QED) is 0.701. The van der Waals surface area contributed by atoms with Crippen molar-refractivity contribution < 1.29 is 9.53 Å². The Morgan fingerprint density at radius 3 is 2.69 bits per heavy atom. The van der Waals surface area contributed by atoms with Gasteiger partial charge in [0.25, 0.3) is 0 Å². The number of fused-ring (bicyclic) bond motifs is 1. The summed E-state index contributed by atoms with van der Waals surface area (Å²) in [6, 6.07) is 15.7. The molecule has 29 heavy (non-hydrogen) atoms. The monoisotopic (exact) mass is 425 g/mol. The van der Waals surface area contributed by atoms with Crippen molar-refractivity contribution in [2.24, 2.45) is 0 Å². The van der Waals surface area contributed by atoms with Gasteiger partial charge < -0.3 is 9.64 Å². The Labute approximate surface area is 179 Å². The van der Waals surface area contributed by atoms with Crippen LogP contribution in [0.5, 0.6) is 5.75 Å². The molecule has 2 aromatic carbocycles. The number of amides is 1. The molecule has 1 saturated heterocycles. The van der Waals surface area contributed by atoms with Gasteiger partial charge in [-0.2, -0.15) is 5.26 Å². The number of anilines is 1. The van der Waals surface area contributed by atoms with Gasteiger partial charge in [-0.1, -0.05) is 41.6 Å². The van der Waals surface area contributed by atoms with Crippen LogP contribution < -0.4 is 9.64 Å². The number of methoxy groups -OCH3 is 1. The van der Waals surface area contributed by atoms with E-state index in [2.05, 4.69) is 11.0 Å². The molecule has 0 spiro atoms. The molecule has 2 aliphatic rings. The van der Waals surface area contributed by atoms with E-state index in [9.17, 15) is 10.1 Å². The Hall–Kier alpha value is -2.62. The summed E-state index contributed by atoms with van der Waals surface area (Å²) in [4.78, 5) is 16.9. The van der Waals surface area contributed by atoms with Crippen LogP contribution in [0.1, 0.15) is 23.5 Å². The first kappa shape index (κ1) is 19.7. The van der Waals surface area contributed by atoms with E-state index in [1.54, 1.807) is 12.0 Å². The predicted molar refractivity (Wildman–Crippen MR) is 116 cm³/mol. The first-order valence-electron chi connectivity index (χ1n) is 9.25. The summed E-state index contributed by atoms with van der Waals surface area (Å²) in [5.41, 5.74) is 3.61. The number of carbonyl (C=O) groups excluding carboxylic acids is 1. The SMILES string of the molecule is COc1ccc(C2CC(=O)N3CN(c4cccc(Cl)c4C)CSC3=C2C#N)cc1. The molecule has 7 heteroatoms.